The number of hydrogen-bond acceptors (Lipinski definition) is 4. The second kappa shape index (κ2) is 7.00. The molecule has 1 aromatic carbocycles. The van der Waals surface area contributed by atoms with Gasteiger partial charge in [0.25, 0.3) is 5.91 Å². The summed E-state index contributed by atoms with van der Waals surface area (Å²) < 4.78 is 0. The van der Waals surface area contributed by atoms with Gasteiger partial charge in [-0.1, -0.05) is 37.3 Å². The number of benzene rings is 1. The summed E-state index contributed by atoms with van der Waals surface area (Å²) in [5.74, 6) is -0.892. The zero-order valence-electron chi connectivity index (χ0n) is 13.1. The van der Waals surface area contributed by atoms with Gasteiger partial charge in [0.15, 0.2) is 0 Å². The molecule has 23 heavy (non-hydrogen) atoms. The number of nitrogens with one attached hydrogen (secondary N) is 1. The molecule has 0 fully saturated rings. The van der Waals surface area contributed by atoms with Gasteiger partial charge in [-0.3, -0.25) is 9.59 Å². The molecule has 6 heteroatoms. The average molecular weight is 313 g/mol. The Morgan fingerprint density at radius 2 is 1.91 bits per heavy atom. The number of hydrogen-bond donors (Lipinski definition) is 2. The minimum absolute atomic E-state index is 0.00920. The highest BCUT2D eigenvalue weighted by Gasteiger charge is 2.39. The monoisotopic (exact) mass is 313 g/mol. The van der Waals surface area contributed by atoms with Gasteiger partial charge in [0.2, 0.25) is 0 Å². The summed E-state index contributed by atoms with van der Waals surface area (Å²) in [6.07, 6.45) is 1.86. The van der Waals surface area contributed by atoms with Crippen molar-refractivity contribution in [3.63, 3.8) is 0 Å². The van der Waals surface area contributed by atoms with Crippen molar-refractivity contribution in [2.75, 3.05) is 6.54 Å². The van der Waals surface area contributed by atoms with Gasteiger partial charge >= 0.3 is 5.97 Å². The first-order chi connectivity index (χ1) is 11.0. The normalized spacial score (nSPS) is 13.1. The number of aliphatic carboxylic acids is 1. The van der Waals surface area contributed by atoms with E-state index in [-0.39, 0.29) is 12.2 Å². The third kappa shape index (κ3) is 3.53. The van der Waals surface area contributed by atoms with Gasteiger partial charge < -0.3 is 10.4 Å². The van der Waals surface area contributed by atoms with Crippen LogP contribution in [0.1, 0.15) is 35.2 Å². The molecule has 1 atom stereocenters. The maximum Gasteiger partial charge on any atom is 0.315 e. The Kier molecular flexibility index (Phi) is 5.05. The number of carboxylic acid groups (broad SMARTS) is 1. The summed E-state index contributed by atoms with van der Waals surface area (Å²) in [4.78, 5) is 32.1. The van der Waals surface area contributed by atoms with Crippen LogP contribution in [0.4, 0.5) is 0 Å². The highest BCUT2D eigenvalue weighted by atomic mass is 16.4. The van der Waals surface area contributed by atoms with Crippen molar-refractivity contribution in [2.45, 2.75) is 25.7 Å². The van der Waals surface area contributed by atoms with Crippen LogP contribution < -0.4 is 5.32 Å². The predicted molar refractivity (Wildman–Crippen MR) is 85.1 cm³/mol. The van der Waals surface area contributed by atoms with E-state index >= 15 is 0 Å². The molecule has 120 valence electrons. The first kappa shape index (κ1) is 16.6. The van der Waals surface area contributed by atoms with Crippen molar-refractivity contribution in [1.29, 1.82) is 0 Å². The third-order valence-electron chi connectivity index (χ3n) is 3.90. The van der Waals surface area contributed by atoms with Crippen LogP contribution in [0.3, 0.4) is 0 Å². The van der Waals surface area contributed by atoms with E-state index in [1.54, 1.807) is 38.1 Å². The summed E-state index contributed by atoms with van der Waals surface area (Å²) in [5.41, 5.74) is -0.283. The van der Waals surface area contributed by atoms with Crippen LogP contribution in [0.15, 0.2) is 42.6 Å². The van der Waals surface area contributed by atoms with E-state index in [0.717, 1.165) is 0 Å². The van der Waals surface area contributed by atoms with Crippen molar-refractivity contribution < 1.29 is 14.7 Å². The molecule has 0 saturated heterocycles. The van der Waals surface area contributed by atoms with Crippen LogP contribution in [-0.4, -0.2) is 33.5 Å². The highest BCUT2D eigenvalue weighted by Crippen LogP contribution is 2.27. The van der Waals surface area contributed by atoms with Gasteiger partial charge in [-0.15, -0.1) is 0 Å². The molecule has 2 aromatic rings. The Balaban J connectivity index is 2.23. The third-order valence-corrected chi connectivity index (χ3v) is 3.90. The Labute approximate surface area is 134 Å². The first-order valence-electron chi connectivity index (χ1n) is 7.36. The smallest absolute Gasteiger partial charge is 0.315 e. The quantitative estimate of drug-likeness (QED) is 0.850. The molecule has 1 aromatic heterocycles. The van der Waals surface area contributed by atoms with Gasteiger partial charge in [-0.25, -0.2) is 9.97 Å². The Morgan fingerprint density at radius 3 is 2.48 bits per heavy atom. The molecule has 1 amide bonds. The van der Waals surface area contributed by atoms with E-state index in [1.165, 1.54) is 12.3 Å². The number of aryl methyl sites for hydroxylation is 1. The molecule has 0 spiro atoms. The summed E-state index contributed by atoms with van der Waals surface area (Å²) >= 11 is 0. The van der Waals surface area contributed by atoms with Crippen molar-refractivity contribution in [1.82, 2.24) is 15.3 Å². The maximum atomic E-state index is 12.2. The lowest BCUT2D eigenvalue weighted by Gasteiger charge is -2.29. The average Bonchev–Trinajstić information content (AvgIpc) is 2.56. The van der Waals surface area contributed by atoms with Crippen molar-refractivity contribution >= 4 is 11.9 Å². The van der Waals surface area contributed by atoms with Crippen LogP contribution in [0.25, 0.3) is 0 Å². The number of carbonyl (C=O) groups is 2. The largest absolute Gasteiger partial charge is 0.481 e. The summed E-state index contributed by atoms with van der Waals surface area (Å²) in [5, 5.41) is 12.4. The topological polar surface area (TPSA) is 92.2 Å². The van der Waals surface area contributed by atoms with E-state index in [0.29, 0.717) is 17.8 Å². The zero-order chi connectivity index (χ0) is 16.9. The molecule has 0 bridgehead atoms. The second-order valence-electron chi connectivity index (χ2n) is 5.28. The molecular formula is C17H19N3O3. The van der Waals surface area contributed by atoms with Crippen LogP contribution in [0, 0.1) is 6.92 Å². The minimum Gasteiger partial charge on any atom is -0.481 e. The van der Waals surface area contributed by atoms with Crippen LogP contribution >= 0.6 is 0 Å². The van der Waals surface area contributed by atoms with Gasteiger partial charge in [0.1, 0.15) is 16.9 Å². The molecular weight excluding hydrogens is 294 g/mol. The van der Waals surface area contributed by atoms with Crippen molar-refractivity contribution in [3.8, 4) is 0 Å². The fraction of sp³-hybridized carbons (Fsp3) is 0.294. The van der Waals surface area contributed by atoms with Gasteiger partial charge in [0, 0.05) is 12.7 Å². The molecule has 0 aliphatic rings. The molecule has 6 nitrogen and oxygen atoms in total. The summed E-state index contributed by atoms with van der Waals surface area (Å²) in [6.45, 7) is 3.47. The predicted octanol–water partition coefficient (Wildman–Crippen LogP) is 1.95. The number of carbonyl (C=O) groups excluding carboxylic acids is 1. The van der Waals surface area contributed by atoms with E-state index in [4.69, 9.17) is 0 Å². The SMILES string of the molecule is CCC(CNC(=O)c1ccnc(C)n1)(C(=O)O)c1ccccc1. The molecule has 0 aliphatic carbocycles. The van der Waals surface area contributed by atoms with E-state index in [1.807, 2.05) is 6.07 Å². The number of amides is 1. The Hall–Kier alpha value is -2.76. The van der Waals surface area contributed by atoms with Crippen molar-refractivity contribution in [3.05, 3.63) is 59.7 Å². The fourth-order valence-corrected chi connectivity index (χ4v) is 2.44. The fourth-order valence-electron chi connectivity index (χ4n) is 2.44. The summed E-state index contributed by atoms with van der Waals surface area (Å²) in [6, 6.07) is 10.4. The van der Waals surface area contributed by atoms with Crippen LogP contribution in [0.2, 0.25) is 0 Å². The molecule has 2 N–H and O–H groups in total. The van der Waals surface area contributed by atoms with Gasteiger partial charge in [-0.05, 0) is 25.0 Å². The molecule has 1 heterocycles. The first-order valence-corrected chi connectivity index (χ1v) is 7.36. The van der Waals surface area contributed by atoms with Crippen LogP contribution in [-0.2, 0) is 10.2 Å². The van der Waals surface area contributed by atoms with Crippen molar-refractivity contribution in [2.24, 2.45) is 0 Å². The van der Waals surface area contributed by atoms with Gasteiger partial charge in [-0.2, -0.15) is 0 Å². The van der Waals surface area contributed by atoms with Crippen LogP contribution in [0.5, 0.6) is 0 Å². The second-order valence-corrected chi connectivity index (χ2v) is 5.28. The number of aromatic nitrogens is 2. The van der Waals surface area contributed by atoms with Gasteiger partial charge in [0.05, 0.1) is 0 Å². The molecule has 1 unspecified atom stereocenters. The lowest BCUT2D eigenvalue weighted by Crippen LogP contribution is -2.46. The van der Waals surface area contributed by atoms with E-state index in [2.05, 4.69) is 15.3 Å². The standard InChI is InChI=1S/C17H19N3O3/c1-3-17(16(22)23,13-7-5-4-6-8-13)11-19-15(21)14-9-10-18-12(2)20-14/h4-10H,3,11H2,1-2H3,(H,19,21)(H,22,23). The van der Waals surface area contributed by atoms with E-state index < -0.39 is 17.3 Å². The Bertz CT molecular complexity index is 703. The minimum atomic E-state index is -1.17. The molecule has 0 aliphatic heterocycles. The maximum absolute atomic E-state index is 12.2. The molecule has 0 radical (unpaired) electrons. The number of carboxylic acids is 1. The highest BCUT2D eigenvalue weighted by molar-refractivity contribution is 5.93. The zero-order valence-corrected chi connectivity index (χ0v) is 13.1. The number of rotatable bonds is 6. The molecule has 2 rings (SSSR count). The lowest BCUT2D eigenvalue weighted by atomic mass is 9.78. The summed E-state index contributed by atoms with van der Waals surface area (Å²) in [7, 11) is 0. The number of nitrogens with zero attached hydrogens (tertiary/aromatic N) is 2. The lowest BCUT2D eigenvalue weighted by molar-refractivity contribution is -0.143. The Morgan fingerprint density at radius 1 is 1.22 bits per heavy atom. The van der Waals surface area contributed by atoms with E-state index in [9.17, 15) is 14.7 Å². The molecule has 0 saturated carbocycles.